The Morgan fingerprint density at radius 3 is 2.31 bits per heavy atom. The largest absolute Gasteiger partial charge is 0.490 e. The zero-order valence-electron chi connectivity index (χ0n) is 19.7. The Bertz CT molecular complexity index is 971. The molecule has 0 radical (unpaired) electrons. The van der Waals surface area contributed by atoms with Crippen LogP contribution in [0.2, 0.25) is 5.02 Å². The minimum absolute atomic E-state index is 0.255. The Hall–Kier alpha value is -1.71. The van der Waals surface area contributed by atoms with E-state index in [-0.39, 0.29) is 5.54 Å². The fourth-order valence-corrected chi connectivity index (χ4v) is 8.02. The van der Waals surface area contributed by atoms with E-state index in [1.165, 1.54) is 38.5 Å². The van der Waals surface area contributed by atoms with Crippen molar-refractivity contribution in [3.8, 4) is 11.5 Å². The SMILES string of the molecule is CCOc1cccc(CNC23CC4CC(C)(CC(C)(C4)C2)C3)c1OCc1ccccc1Cl. The van der Waals surface area contributed by atoms with Gasteiger partial charge in [-0.1, -0.05) is 55.8 Å². The first-order valence-corrected chi connectivity index (χ1v) is 12.5. The van der Waals surface area contributed by atoms with Crippen LogP contribution in [0, 0.1) is 16.7 Å². The van der Waals surface area contributed by atoms with Crippen molar-refractivity contribution in [2.24, 2.45) is 16.7 Å². The highest BCUT2D eigenvalue weighted by atomic mass is 35.5. The molecular weight excluding hydrogens is 418 g/mol. The van der Waals surface area contributed by atoms with Gasteiger partial charge in [0.05, 0.1) is 6.61 Å². The molecule has 4 heteroatoms. The summed E-state index contributed by atoms with van der Waals surface area (Å²) in [7, 11) is 0. The van der Waals surface area contributed by atoms with Crippen molar-refractivity contribution in [1.82, 2.24) is 5.32 Å². The number of nitrogens with one attached hydrogen (secondary N) is 1. The molecule has 0 aliphatic heterocycles. The number of rotatable bonds is 8. The predicted octanol–water partition coefficient (Wildman–Crippen LogP) is 7.16. The molecular formula is C28H36ClNO2. The minimum Gasteiger partial charge on any atom is -0.490 e. The number of ether oxygens (including phenoxy) is 2. The number of hydrogen-bond donors (Lipinski definition) is 1. The van der Waals surface area contributed by atoms with Crippen molar-refractivity contribution in [1.29, 1.82) is 0 Å². The zero-order chi connectivity index (χ0) is 22.4. The summed E-state index contributed by atoms with van der Waals surface area (Å²) in [6.07, 6.45) is 8.14. The maximum absolute atomic E-state index is 6.37. The summed E-state index contributed by atoms with van der Waals surface area (Å²) in [5, 5.41) is 4.78. The lowest BCUT2D eigenvalue weighted by Crippen LogP contribution is -2.63. The molecule has 0 amide bonds. The van der Waals surface area contributed by atoms with Gasteiger partial charge in [0, 0.05) is 28.2 Å². The number of hydrogen-bond acceptors (Lipinski definition) is 3. The molecule has 4 bridgehead atoms. The standard InChI is InChI=1S/C28H36ClNO2/c1-4-31-24-11-7-9-21(25(24)32-16-22-8-5-6-10-23(22)29)15-30-28-14-20-12-26(2,18-28)17-27(3,13-20)19-28/h5-11,20,30H,4,12-19H2,1-3H3. The van der Waals surface area contributed by atoms with Gasteiger partial charge in [0.15, 0.2) is 11.5 Å². The molecule has 1 N–H and O–H groups in total. The Morgan fingerprint density at radius 2 is 1.62 bits per heavy atom. The van der Waals surface area contributed by atoms with Crippen molar-refractivity contribution < 1.29 is 9.47 Å². The summed E-state index contributed by atoms with van der Waals surface area (Å²) in [4.78, 5) is 0. The van der Waals surface area contributed by atoms with E-state index >= 15 is 0 Å². The van der Waals surface area contributed by atoms with Crippen molar-refractivity contribution in [2.45, 2.75) is 78.0 Å². The first-order valence-electron chi connectivity index (χ1n) is 12.2. The lowest BCUT2D eigenvalue weighted by atomic mass is 9.43. The van der Waals surface area contributed by atoms with Crippen LogP contribution in [0.15, 0.2) is 42.5 Å². The van der Waals surface area contributed by atoms with Crippen molar-refractivity contribution in [3.63, 3.8) is 0 Å². The van der Waals surface area contributed by atoms with Gasteiger partial charge in [-0.05, 0) is 74.3 Å². The van der Waals surface area contributed by atoms with E-state index in [9.17, 15) is 0 Å². The van der Waals surface area contributed by atoms with Crippen LogP contribution in [0.3, 0.4) is 0 Å². The lowest BCUT2D eigenvalue weighted by Gasteiger charge is -2.65. The van der Waals surface area contributed by atoms with Gasteiger partial charge in [-0.25, -0.2) is 0 Å². The quantitative estimate of drug-likeness (QED) is 0.460. The molecule has 0 spiro atoms. The zero-order valence-corrected chi connectivity index (χ0v) is 20.4. The van der Waals surface area contributed by atoms with E-state index in [0.717, 1.165) is 40.1 Å². The average Bonchev–Trinajstić information content (AvgIpc) is 2.70. The van der Waals surface area contributed by atoms with Gasteiger partial charge in [0.2, 0.25) is 0 Å². The molecule has 6 rings (SSSR count). The number of benzene rings is 2. The maximum atomic E-state index is 6.37. The third-order valence-corrected chi connectivity index (χ3v) is 8.34. The van der Waals surface area contributed by atoms with E-state index in [1.807, 2.05) is 37.3 Å². The Kier molecular flexibility index (Phi) is 5.70. The molecule has 0 heterocycles. The molecule has 2 aromatic rings. The van der Waals surface area contributed by atoms with Gasteiger partial charge in [-0.2, -0.15) is 0 Å². The summed E-state index contributed by atoms with van der Waals surface area (Å²) in [5.74, 6) is 2.52. The molecule has 2 aromatic carbocycles. The van der Waals surface area contributed by atoms with Crippen molar-refractivity contribution in [2.75, 3.05) is 6.61 Å². The van der Waals surface area contributed by atoms with Crippen LogP contribution in [0.4, 0.5) is 0 Å². The van der Waals surface area contributed by atoms with E-state index in [0.29, 0.717) is 24.0 Å². The molecule has 32 heavy (non-hydrogen) atoms. The molecule has 4 saturated carbocycles. The average molecular weight is 454 g/mol. The third kappa shape index (κ3) is 4.26. The smallest absolute Gasteiger partial charge is 0.166 e. The molecule has 0 aromatic heterocycles. The Morgan fingerprint density at radius 1 is 0.906 bits per heavy atom. The second kappa shape index (κ2) is 8.25. The van der Waals surface area contributed by atoms with Crippen LogP contribution in [0.5, 0.6) is 11.5 Å². The second-order valence-electron chi connectivity index (χ2n) is 11.3. The molecule has 3 nitrogen and oxygen atoms in total. The Labute approximate surface area is 197 Å². The summed E-state index contributed by atoms with van der Waals surface area (Å²) in [6.45, 7) is 8.92. The fraction of sp³-hybridized carbons (Fsp3) is 0.571. The van der Waals surface area contributed by atoms with E-state index in [4.69, 9.17) is 21.1 Å². The number of halogens is 1. The highest BCUT2D eigenvalue weighted by molar-refractivity contribution is 6.31. The summed E-state index contributed by atoms with van der Waals surface area (Å²) >= 11 is 6.37. The minimum atomic E-state index is 0.255. The molecule has 2 atom stereocenters. The van der Waals surface area contributed by atoms with Crippen LogP contribution in [-0.2, 0) is 13.2 Å². The highest BCUT2D eigenvalue weighted by Crippen LogP contribution is 2.66. The van der Waals surface area contributed by atoms with Gasteiger partial charge in [0.1, 0.15) is 6.61 Å². The van der Waals surface area contributed by atoms with Crippen LogP contribution < -0.4 is 14.8 Å². The van der Waals surface area contributed by atoms with Crippen molar-refractivity contribution in [3.05, 3.63) is 58.6 Å². The monoisotopic (exact) mass is 453 g/mol. The molecule has 172 valence electrons. The summed E-state index contributed by atoms with van der Waals surface area (Å²) < 4.78 is 12.3. The highest BCUT2D eigenvalue weighted by Gasteiger charge is 2.59. The molecule has 4 fully saturated rings. The Balaban J connectivity index is 1.37. The normalized spacial score (nSPS) is 32.8. The third-order valence-electron chi connectivity index (χ3n) is 7.97. The molecule has 4 aliphatic rings. The summed E-state index contributed by atoms with van der Waals surface area (Å²) in [5.41, 5.74) is 3.40. The van der Waals surface area contributed by atoms with Gasteiger partial charge in [-0.15, -0.1) is 0 Å². The van der Waals surface area contributed by atoms with Gasteiger partial charge >= 0.3 is 0 Å². The fourth-order valence-electron chi connectivity index (χ4n) is 7.83. The topological polar surface area (TPSA) is 30.5 Å². The van der Waals surface area contributed by atoms with Crippen LogP contribution in [0.25, 0.3) is 0 Å². The first kappa shape index (κ1) is 22.1. The number of para-hydroxylation sites is 1. The predicted molar refractivity (Wildman–Crippen MR) is 130 cm³/mol. The lowest BCUT2D eigenvalue weighted by molar-refractivity contribution is -0.118. The van der Waals surface area contributed by atoms with E-state index in [2.05, 4.69) is 31.3 Å². The molecule has 2 unspecified atom stereocenters. The molecule has 4 aliphatic carbocycles. The van der Waals surface area contributed by atoms with E-state index in [1.54, 1.807) is 0 Å². The molecule has 0 saturated heterocycles. The van der Waals surface area contributed by atoms with Crippen LogP contribution >= 0.6 is 11.6 Å². The van der Waals surface area contributed by atoms with E-state index < -0.39 is 0 Å². The van der Waals surface area contributed by atoms with Gasteiger partial charge in [-0.3, -0.25) is 0 Å². The second-order valence-corrected chi connectivity index (χ2v) is 11.7. The first-order chi connectivity index (χ1) is 15.3. The van der Waals surface area contributed by atoms with Crippen molar-refractivity contribution >= 4 is 11.6 Å². The maximum Gasteiger partial charge on any atom is 0.166 e. The summed E-state index contributed by atoms with van der Waals surface area (Å²) in [6, 6.07) is 14.1. The van der Waals surface area contributed by atoms with Crippen LogP contribution in [0.1, 0.15) is 70.4 Å². The van der Waals surface area contributed by atoms with Gasteiger partial charge in [0.25, 0.3) is 0 Å². The van der Waals surface area contributed by atoms with Gasteiger partial charge < -0.3 is 14.8 Å². The van der Waals surface area contributed by atoms with Crippen LogP contribution in [-0.4, -0.2) is 12.1 Å².